The Morgan fingerprint density at radius 1 is 1.48 bits per heavy atom. The number of amides is 1. The van der Waals surface area contributed by atoms with Gasteiger partial charge in [-0.15, -0.1) is 0 Å². The van der Waals surface area contributed by atoms with Crippen molar-refractivity contribution < 1.29 is 9.53 Å². The minimum absolute atomic E-state index is 0.0906. The van der Waals surface area contributed by atoms with Crippen LogP contribution in [-0.4, -0.2) is 42.6 Å². The summed E-state index contributed by atoms with van der Waals surface area (Å²) in [6.45, 7) is 8.76. The highest BCUT2D eigenvalue weighted by atomic mass is 16.5. The Morgan fingerprint density at radius 2 is 2.24 bits per heavy atom. The molecule has 1 aliphatic heterocycles. The average Bonchev–Trinajstić information content (AvgIpc) is 2.87. The summed E-state index contributed by atoms with van der Waals surface area (Å²) in [6, 6.07) is 0. The lowest BCUT2D eigenvalue weighted by molar-refractivity contribution is -0.149. The molecular formula is C17H32N2O2. The van der Waals surface area contributed by atoms with Crippen LogP contribution in [0.15, 0.2) is 0 Å². The number of hydrogen-bond donors (Lipinski definition) is 1. The average molecular weight is 296 g/mol. The standard InChI is InChI=1S/C17H32N2O2/c1-4-15(21-14-7-5-6-13(2)10-14)16(20)19-9-8-17(3,11-18)12-19/h13-15H,4-12,18H2,1-3H3. The maximum Gasteiger partial charge on any atom is 0.251 e. The molecule has 1 amide bonds. The van der Waals surface area contributed by atoms with Crippen LogP contribution in [-0.2, 0) is 9.53 Å². The van der Waals surface area contributed by atoms with Gasteiger partial charge >= 0.3 is 0 Å². The van der Waals surface area contributed by atoms with Crippen LogP contribution in [0.3, 0.4) is 0 Å². The quantitative estimate of drug-likeness (QED) is 0.848. The topological polar surface area (TPSA) is 55.6 Å². The summed E-state index contributed by atoms with van der Waals surface area (Å²) in [6.07, 6.45) is 6.51. The van der Waals surface area contributed by atoms with Gasteiger partial charge in [-0.05, 0) is 43.6 Å². The number of carbonyl (C=O) groups excluding carboxylic acids is 1. The van der Waals surface area contributed by atoms with Crippen LogP contribution in [0.4, 0.5) is 0 Å². The van der Waals surface area contributed by atoms with E-state index in [9.17, 15) is 4.79 Å². The Hall–Kier alpha value is -0.610. The smallest absolute Gasteiger partial charge is 0.251 e. The minimum Gasteiger partial charge on any atom is -0.365 e. The van der Waals surface area contributed by atoms with Gasteiger partial charge in [-0.1, -0.05) is 33.6 Å². The molecule has 21 heavy (non-hydrogen) atoms. The molecule has 4 heteroatoms. The Balaban J connectivity index is 1.90. The van der Waals surface area contributed by atoms with Crippen LogP contribution in [0.1, 0.15) is 59.3 Å². The number of hydrogen-bond acceptors (Lipinski definition) is 3. The van der Waals surface area contributed by atoms with Crippen molar-refractivity contribution in [3.05, 3.63) is 0 Å². The van der Waals surface area contributed by atoms with Gasteiger partial charge in [-0.2, -0.15) is 0 Å². The number of likely N-dealkylation sites (tertiary alicyclic amines) is 1. The number of ether oxygens (including phenoxy) is 1. The lowest BCUT2D eigenvalue weighted by atomic mass is 9.88. The fourth-order valence-corrected chi connectivity index (χ4v) is 3.65. The van der Waals surface area contributed by atoms with Gasteiger partial charge in [0.15, 0.2) is 0 Å². The summed E-state index contributed by atoms with van der Waals surface area (Å²) in [5.41, 5.74) is 5.93. The Kier molecular flexibility index (Phi) is 5.67. The van der Waals surface area contributed by atoms with Crippen molar-refractivity contribution in [3.8, 4) is 0 Å². The Labute approximate surface area is 129 Å². The molecule has 1 saturated carbocycles. The molecule has 0 aromatic rings. The highest BCUT2D eigenvalue weighted by Gasteiger charge is 2.37. The van der Waals surface area contributed by atoms with Gasteiger partial charge in [0.1, 0.15) is 6.10 Å². The second-order valence-corrected chi connectivity index (χ2v) is 7.45. The zero-order valence-corrected chi connectivity index (χ0v) is 13.9. The van der Waals surface area contributed by atoms with E-state index in [0.717, 1.165) is 44.7 Å². The van der Waals surface area contributed by atoms with E-state index in [4.69, 9.17) is 10.5 Å². The Morgan fingerprint density at radius 3 is 2.81 bits per heavy atom. The third-order valence-corrected chi connectivity index (χ3v) is 5.25. The molecule has 1 aliphatic carbocycles. The normalized spacial score (nSPS) is 35.0. The van der Waals surface area contributed by atoms with E-state index in [1.165, 1.54) is 12.8 Å². The van der Waals surface area contributed by atoms with Gasteiger partial charge in [-0.25, -0.2) is 0 Å². The van der Waals surface area contributed by atoms with Gasteiger partial charge in [0.05, 0.1) is 6.10 Å². The molecule has 2 rings (SSSR count). The van der Waals surface area contributed by atoms with Gasteiger partial charge in [-0.3, -0.25) is 4.79 Å². The molecule has 2 fully saturated rings. The lowest BCUT2D eigenvalue weighted by Crippen LogP contribution is -2.42. The molecule has 2 N–H and O–H groups in total. The first-order chi connectivity index (χ1) is 9.97. The van der Waals surface area contributed by atoms with Crippen molar-refractivity contribution in [2.45, 2.75) is 71.5 Å². The summed E-state index contributed by atoms with van der Waals surface area (Å²) < 4.78 is 6.16. The molecule has 0 aromatic carbocycles. The second-order valence-electron chi connectivity index (χ2n) is 7.45. The summed E-state index contributed by atoms with van der Waals surface area (Å²) >= 11 is 0. The lowest BCUT2D eigenvalue weighted by Gasteiger charge is -2.32. The molecule has 4 nitrogen and oxygen atoms in total. The predicted octanol–water partition coefficient (Wildman–Crippen LogP) is 2.56. The van der Waals surface area contributed by atoms with Gasteiger partial charge < -0.3 is 15.4 Å². The van der Waals surface area contributed by atoms with Crippen molar-refractivity contribution in [3.63, 3.8) is 0 Å². The molecule has 0 aromatic heterocycles. The highest BCUT2D eigenvalue weighted by Crippen LogP contribution is 2.31. The van der Waals surface area contributed by atoms with Crippen LogP contribution in [0.25, 0.3) is 0 Å². The second kappa shape index (κ2) is 7.10. The monoisotopic (exact) mass is 296 g/mol. The van der Waals surface area contributed by atoms with E-state index in [-0.39, 0.29) is 23.5 Å². The van der Waals surface area contributed by atoms with E-state index >= 15 is 0 Å². The predicted molar refractivity (Wildman–Crippen MR) is 84.9 cm³/mol. The van der Waals surface area contributed by atoms with Crippen LogP contribution in [0, 0.1) is 11.3 Å². The minimum atomic E-state index is -0.263. The number of nitrogens with zero attached hydrogens (tertiary/aromatic N) is 1. The molecule has 4 atom stereocenters. The number of rotatable bonds is 5. The number of carbonyl (C=O) groups is 1. The first kappa shape index (κ1) is 16.8. The first-order valence-electron chi connectivity index (χ1n) is 8.61. The summed E-state index contributed by atoms with van der Waals surface area (Å²) in [5, 5.41) is 0. The zero-order valence-electron chi connectivity index (χ0n) is 13.9. The SMILES string of the molecule is CCC(OC1CCCC(C)C1)C(=O)N1CCC(C)(CN)C1. The zero-order chi connectivity index (χ0) is 15.5. The Bertz CT molecular complexity index is 361. The summed E-state index contributed by atoms with van der Waals surface area (Å²) in [4.78, 5) is 14.7. The molecule has 0 bridgehead atoms. The van der Waals surface area contributed by atoms with E-state index in [1.54, 1.807) is 0 Å². The van der Waals surface area contributed by atoms with Crippen LogP contribution in [0.5, 0.6) is 0 Å². The molecule has 1 heterocycles. The fourth-order valence-electron chi connectivity index (χ4n) is 3.65. The van der Waals surface area contributed by atoms with Crippen molar-refractivity contribution in [2.24, 2.45) is 17.1 Å². The molecule has 122 valence electrons. The summed E-state index contributed by atoms with van der Waals surface area (Å²) in [7, 11) is 0. The van der Waals surface area contributed by atoms with Crippen molar-refractivity contribution >= 4 is 5.91 Å². The van der Waals surface area contributed by atoms with Crippen molar-refractivity contribution in [2.75, 3.05) is 19.6 Å². The maximum atomic E-state index is 12.7. The van der Waals surface area contributed by atoms with Gasteiger partial charge in [0.25, 0.3) is 5.91 Å². The number of nitrogens with two attached hydrogens (primary N) is 1. The van der Waals surface area contributed by atoms with E-state index in [2.05, 4.69) is 13.8 Å². The van der Waals surface area contributed by atoms with Crippen LogP contribution >= 0.6 is 0 Å². The first-order valence-corrected chi connectivity index (χ1v) is 8.61. The molecule has 0 spiro atoms. The third-order valence-electron chi connectivity index (χ3n) is 5.25. The molecule has 0 radical (unpaired) electrons. The third kappa shape index (κ3) is 4.19. The summed E-state index contributed by atoms with van der Waals surface area (Å²) in [5.74, 6) is 0.900. The highest BCUT2D eigenvalue weighted by molar-refractivity contribution is 5.81. The van der Waals surface area contributed by atoms with E-state index in [1.807, 2.05) is 11.8 Å². The van der Waals surface area contributed by atoms with Gasteiger partial charge in [0.2, 0.25) is 0 Å². The molecule has 2 aliphatic rings. The van der Waals surface area contributed by atoms with Gasteiger partial charge in [0, 0.05) is 13.1 Å². The molecule has 1 saturated heterocycles. The van der Waals surface area contributed by atoms with Crippen molar-refractivity contribution in [1.82, 2.24) is 4.90 Å². The molecular weight excluding hydrogens is 264 g/mol. The fraction of sp³-hybridized carbons (Fsp3) is 0.941. The van der Waals surface area contributed by atoms with E-state index in [0.29, 0.717) is 6.54 Å². The largest absolute Gasteiger partial charge is 0.365 e. The van der Waals surface area contributed by atoms with Crippen LogP contribution < -0.4 is 5.73 Å². The van der Waals surface area contributed by atoms with Crippen molar-refractivity contribution in [1.29, 1.82) is 0 Å². The van der Waals surface area contributed by atoms with E-state index < -0.39 is 0 Å². The molecule has 4 unspecified atom stereocenters. The van der Waals surface area contributed by atoms with Crippen LogP contribution in [0.2, 0.25) is 0 Å². The maximum absolute atomic E-state index is 12.7.